The molecule has 0 aliphatic rings. The van der Waals surface area contributed by atoms with Crippen LogP contribution in [0.3, 0.4) is 0 Å². The molecule has 35 heavy (non-hydrogen) atoms. The summed E-state index contributed by atoms with van der Waals surface area (Å²) in [6.45, 7) is 0. The number of benzene rings is 3. The number of nitrogens with one attached hydrogen (secondary N) is 1. The number of aromatic nitrogens is 1. The van der Waals surface area contributed by atoms with E-state index in [2.05, 4.69) is 5.32 Å². The Morgan fingerprint density at radius 3 is 2.26 bits per heavy atom. The molecular weight excluding hydrogens is 462 g/mol. The van der Waals surface area contributed by atoms with E-state index >= 15 is 0 Å². The summed E-state index contributed by atoms with van der Waals surface area (Å²) in [4.78, 5) is 26.5. The molecule has 4 aromatic rings. The fourth-order valence-corrected chi connectivity index (χ4v) is 4.57. The van der Waals surface area contributed by atoms with Gasteiger partial charge in [0.25, 0.3) is 11.5 Å². The van der Waals surface area contributed by atoms with Crippen molar-refractivity contribution in [2.75, 3.05) is 19.5 Å². The number of methoxy groups -OCH3 is 2. The topological polar surface area (TPSA) is 93.4 Å². The number of carbonyl (C=O) groups is 1. The highest BCUT2D eigenvalue weighted by molar-refractivity contribution is 7.07. The first-order valence-electron chi connectivity index (χ1n) is 10.6. The normalized spacial score (nSPS) is 12.0. The van der Waals surface area contributed by atoms with E-state index in [9.17, 15) is 14.9 Å². The zero-order chi connectivity index (χ0) is 24.8. The van der Waals surface area contributed by atoms with Gasteiger partial charge in [-0.25, -0.2) is 0 Å². The zero-order valence-corrected chi connectivity index (χ0v) is 19.8. The molecule has 0 spiro atoms. The fraction of sp³-hybridized carbons (Fsp3) is 0.0741. The standard InChI is InChI=1S/C27H21N3O4S/c1-33-22-14-13-18(15-23(22)34-2)16-24-26(32)30(20-11-7-4-8-12-20)27(35-24)21(17-28)25(31)29-19-9-5-3-6-10-19/h3-16H,1-2H3,(H,29,31)/b24-16+,27-21+. The number of hydrogen-bond donors (Lipinski definition) is 1. The van der Waals surface area contributed by atoms with Crippen molar-refractivity contribution in [3.8, 4) is 23.3 Å². The highest BCUT2D eigenvalue weighted by atomic mass is 32.1. The number of para-hydroxylation sites is 2. The van der Waals surface area contributed by atoms with Crippen molar-refractivity contribution in [1.29, 1.82) is 5.26 Å². The minimum absolute atomic E-state index is 0.160. The van der Waals surface area contributed by atoms with Crippen LogP contribution in [0.2, 0.25) is 0 Å². The average Bonchev–Trinajstić information content (AvgIpc) is 3.20. The van der Waals surface area contributed by atoms with E-state index in [-0.39, 0.29) is 15.8 Å². The van der Waals surface area contributed by atoms with Crippen LogP contribution in [0.4, 0.5) is 5.69 Å². The summed E-state index contributed by atoms with van der Waals surface area (Å²) in [6.07, 6.45) is 1.70. The Bertz CT molecular complexity index is 1580. The number of amides is 1. The summed E-state index contributed by atoms with van der Waals surface area (Å²) in [6, 6.07) is 25.0. The van der Waals surface area contributed by atoms with Crippen molar-refractivity contribution in [1.82, 2.24) is 4.57 Å². The minimum atomic E-state index is -0.595. The van der Waals surface area contributed by atoms with Crippen molar-refractivity contribution < 1.29 is 14.3 Å². The third-order valence-electron chi connectivity index (χ3n) is 5.13. The number of nitriles is 1. The van der Waals surface area contributed by atoms with Crippen molar-refractivity contribution in [2.45, 2.75) is 0 Å². The fourth-order valence-electron chi connectivity index (χ4n) is 3.47. The predicted molar refractivity (Wildman–Crippen MR) is 136 cm³/mol. The SMILES string of the molecule is COc1ccc(/C=c2/s/c(=C(\C#N)C(=O)Nc3ccccc3)n(-c3ccccc3)c2=O)cc1OC. The number of thiazole rings is 1. The minimum Gasteiger partial charge on any atom is -0.493 e. The molecule has 8 heteroatoms. The third-order valence-corrected chi connectivity index (χ3v) is 6.22. The Morgan fingerprint density at radius 2 is 1.63 bits per heavy atom. The molecule has 0 saturated heterocycles. The maximum absolute atomic E-state index is 13.5. The van der Waals surface area contributed by atoms with Gasteiger partial charge in [-0.15, -0.1) is 11.3 Å². The molecular formula is C27H21N3O4S. The second-order valence-electron chi connectivity index (χ2n) is 7.31. The lowest BCUT2D eigenvalue weighted by Crippen LogP contribution is -2.32. The van der Waals surface area contributed by atoms with Gasteiger partial charge in [-0.3, -0.25) is 14.2 Å². The number of rotatable bonds is 6. The van der Waals surface area contributed by atoms with Crippen molar-refractivity contribution in [2.24, 2.45) is 0 Å². The van der Waals surface area contributed by atoms with E-state index < -0.39 is 5.91 Å². The number of carbonyl (C=O) groups excluding carboxylic acids is 1. The molecule has 0 unspecified atom stereocenters. The maximum Gasteiger partial charge on any atom is 0.273 e. The van der Waals surface area contributed by atoms with E-state index in [0.717, 1.165) is 11.3 Å². The number of nitrogens with zero attached hydrogens (tertiary/aromatic N) is 2. The Kier molecular flexibility index (Phi) is 7.10. The quantitative estimate of drug-likeness (QED) is 0.455. The molecule has 0 aliphatic heterocycles. The van der Waals surface area contributed by atoms with Crippen LogP contribution >= 0.6 is 11.3 Å². The van der Waals surface area contributed by atoms with Gasteiger partial charge in [0.2, 0.25) is 0 Å². The van der Waals surface area contributed by atoms with Crippen LogP contribution in [0.25, 0.3) is 17.3 Å². The molecule has 0 saturated carbocycles. The molecule has 0 aliphatic carbocycles. The van der Waals surface area contributed by atoms with Crippen LogP contribution in [0.5, 0.6) is 11.5 Å². The smallest absolute Gasteiger partial charge is 0.273 e. The van der Waals surface area contributed by atoms with Crippen molar-refractivity contribution in [3.05, 3.63) is 104 Å². The largest absolute Gasteiger partial charge is 0.493 e. The van der Waals surface area contributed by atoms with Gasteiger partial charge < -0.3 is 14.8 Å². The van der Waals surface area contributed by atoms with Crippen molar-refractivity contribution >= 4 is 34.6 Å². The Labute approximate surface area is 205 Å². The van der Waals surface area contributed by atoms with Gasteiger partial charge in [0.1, 0.15) is 10.7 Å². The van der Waals surface area contributed by atoms with Crippen LogP contribution in [0, 0.1) is 11.3 Å². The average molecular weight is 484 g/mol. The van der Waals surface area contributed by atoms with E-state index in [0.29, 0.717) is 33.0 Å². The molecule has 0 radical (unpaired) electrons. The molecule has 1 N–H and O–H groups in total. The molecule has 174 valence electrons. The van der Waals surface area contributed by atoms with E-state index in [1.165, 1.54) is 11.7 Å². The first kappa shape index (κ1) is 23.5. The van der Waals surface area contributed by atoms with Crippen LogP contribution in [-0.2, 0) is 4.79 Å². The number of anilines is 1. The second-order valence-corrected chi connectivity index (χ2v) is 8.34. The third kappa shape index (κ3) is 5.00. The molecule has 1 heterocycles. The first-order valence-corrected chi connectivity index (χ1v) is 11.4. The summed E-state index contributed by atoms with van der Waals surface area (Å²) in [5, 5.41) is 12.6. The second kappa shape index (κ2) is 10.5. The summed E-state index contributed by atoms with van der Waals surface area (Å²) < 4.78 is 12.6. The molecule has 7 nitrogen and oxygen atoms in total. The Hall–Kier alpha value is -4.61. The lowest BCUT2D eigenvalue weighted by molar-refractivity contribution is -0.111. The molecule has 0 fully saturated rings. The number of ether oxygens (including phenoxy) is 2. The van der Waals surface area contributed by atoms with Gasteiger partial charge in [0.15, 0.2) is 17.1 Å². The zero-order valence-electron chi connectivity index (χ0n) is 19.0. The van der Waals surface area contributed by atoms with Crippen LogP contribution in [-0.4, -0.2) is 24.7 Å². The summed E-state index contributed by atoms with van der Waals surface area (Å²) >= 11 is 1.07. The summed E-state index contributed by atoms with van der Waals surface area (Å²) in [7, 11) is 3.08. The molecule has 1 aromatic heterocycles. The van der Waals surface area contributed by atoms with Gasteiger partial charge in [0.05, 0.1) is 24.4 Å². The predicted octanol–water partition coefficient (Wildman–Crippen LogP) is 3.06. The van der Waals surface area contributed by atoms with Crippen LogP contribution < -0.4 is 29.5 Å². The summed E-state index contributed by atoms with van der Waals surface area (Å²) in [5.41, 5.74) is 1.31. The van der Waals surface area contributed by atoms with Gasteiger partial charge in [-0.05, 0) is 48.0 Å². The monoisotopic (exact) mass is 483 g/mol. The molecule has 0 bridgehead atoms. The van der Waals surface area contributed by atoms with Gasteiger partial charge in [-0.2, -0.15) is 5.26 Å². The molecule has 4 rings (SSSR count). The van der Waals surface area contributed by atoms with Gasteiger partial charge >= 0.3 is 0 Å². The number of hydrogen-bond acceptors (Lipinski definition) is 6. The van der Waals surface area contributed by atoms with Gasteiger partial charge in [0, 0.05) is 5.69 Å². The highest BCUT2D eigenvalue weighted by Gasteiger charge is 2.17. The van der Waals surface area contributed by atoms with Crippen LogP contribution in [0.1, 0.15) is 5.56 Å². The van der Waals surface area contributed by atoms with Crippen molar-refractivity contribution in [3.63, 3.8) is 0 Å². The molecule has 1 amide bonds. The van der Waals surface area contributed by atoms with E-state index in [1.807, 2.05) is 18.2 Å². The Morgan fingerprint density at radius 1 is 0.971 bits per heavy atom. The van der Waals surface area contributed by atoms with Gasteiger partial charge in [-0.1, -0.05) is 42.5 Å². The summed E-state index contributed by atoms with van der Waals surface area (Å²) in [5.74, 6) is 0.492. The Balaban J connectivity index is 1.95. The molecule has 3 aromatic carbocycles. The van der Waals surface area contributed by atoms with E-state index in [1.54, 1.807) is 79.9 Å². The lowest BCUT2D eigenvalue weighted by Gasteiger charge is -2.07. The van der Waals surface area contributed by atoms with Crippen LogP contribution in [0.15, 0.2) is 83.7 Å². The highest BCUT2D eigenvalue weighted by Crippen LogP contribution is 2.27. The van der Waals surface area contributed by atoms with E-state index in [4.69, 9.17) is 9.47 Å². The molecule has 0 atom stereocenters. The maximum atomic E-state index is 13.5. The first-order chi connectivity index (χ1) is 17.0. The lowest BCUT2D eigenvalue weighted by atomic mass is 10.2.